The molecule has 0 radical (unpaired) electrons. The predicted molar refractivity (Wildman–Crippen MR) is 91.5 cm³/mol. The third kappa shape index (κ3) is 4.69. The van der Waals surface area contributed by atoms with Gasteiger partial charge in [0.2, 0.25) is 0 Å². The molecule has 6 heteroatoms. The maximum atomic E-state index is 11.8. The molecule has 0 spiro atoms. The lowest BCUT2D eigenvalue weighted by molar-refractivity contribution is -0.142. The minimum Gasteiger partial charge on any atom is -0.466 e. The predicted octanol–water partition coefficient (Wildman–Crippen LogP) is 3.77. The van der Waals surface area contributed by atoms with Crippen LogP contribution in [0.2, 0.25) is 5.02 Å². The fraction of sp³-hybridized carbons (Fsp3) is 0.529. The lowest BCUT2D eigenvalue weighted by Crippen LogP contribution is -2.28. The van der Waals surface area contributed by atoms with Crippen molar-refractivity contribution in [3.8, 4) is 0 Å². The van der Waals surface area contributed by atoms with E-state index in [1.54, 1.807) is 19.9 Å². The van der Waals surface area contributed by atoms with E-state index in [0.717, 1.165) is 31.6 Å². The Bertz CT molecular complexity index is 583. The zero-order chi connectivity index (χ0) is 16.8. The van der Waals surface area contributed by atoms with Crippen LogP contribution in [0.25, 0.3) is 0 Å². The fourth-order valence-electron chi connectivity index (χ4n) is 2.73. The zero-order valence-electron chi connectivity index (χ0n) is 13.6. The van der Waals surface area contributed by atoms with Gasteiger partial charge in [-0.15, -0.1) is 0 Å². The molecule has 1 saturated heterocycles. The van der Waals surface area contributed by atoms with Crippen LogP contribution in [0.4, 0.5) is 5.69 Å². The van der Waals surface area contributed by atoms with Crippen molar-refractivity contribution >= 4 is 29.0 Å². The normalized spacial score (nSPS) is 17.6. The molecule has 1 aromatic rings. The second-order valence-corrected chi connectivity index (χ2v) is 5.96. The molecule has 1 aliphatic rings. The number of anilines is 1. The molecule has 0 aromatic heterocycles. The summed E-state index contributed by atoms with van der Waals surface area (Å²) in [6.07, 6.45) is 3.09. The Labute approximate surface area is 141 Å². The van der Waals surface area contributed by atoms with Gasteiger partial charge in [-0.1, -0.05) is 11.6 Å². The number of hydrogen-bond donors (Lipinski definition) is 2. The minimum absolute atomic E-state index is 0.0548. The van der Waals surface area contributed by atoms with Gasteiger partial charge >= 0.3 is 5.97 Å². The molecule has 126 valence electrons. The Morgan fingerprint density at radius 2 is 2.26 bits per heavy atom. The van der Waals surface area contributed by atoms with E-state index in [1.165, 1.54) is 0 Å². The monoisotopic (exact) mass is 338 g/mol. The van der Waals surface area contributed by atoms with E-state index in [-0.39, 0.29) is 18.6 Å². The first-order valence-corrected chi connectivity index (χ1v) is 8.31. The SMILES string of the molecule is CCOC(=O)Cc1c(Cl)ccc(NC2CCCCO2)c1C(C)=N. The Kier molecular flexibility index (Phi) is 6.42. The summed E-state index contributed by atoms with van der Waals surface area (Å²) < 4.78 is 10.7. The Morgan fingerprint density at radius 3 is 2.87 bits per heavy atom. The van der Waals surface area contributed by atoms with Gasteiger partial charge in [0, 0.05) is 28.6 Å². The molecular weight excluding hydrogens is 316 g/mol. The van der Waals surface area contributed by atoms with Crippen molar-refractivity contribution in [2.24, 2.45) is 0 Å². The van der Waals surface area contributed by atoms with E-state index < -0.39 is 0 Å². The molecule has 1 heterocycles. The van der Waals surface area contributed by atoms with Gasteiger partial charge in [0.15, 0.2) is 0 Å². The highest BCUT2D eigenvalue weighted by Gasteiger charge is 2.20. The van der Waals surface area contributed by atoms with Crippen molar-refractivity contribution in [3.63, 3.8) is 0 Å². The first-order valence-electron chi connectivity index (χ1n) is 7.93. The molecule has 0 saturated carbocycles. The lowest BCUT2D eigenvalue weighted by atomic mass is 9.98. The second kappa shape index (κ2) is 8.31. The summed E-state index contributed by atoms with van der Waals surface area (Å²) in [5.41, 5.74) is 2.40. The quantitative estimate of drug-likeness (QED) is 0.611. The number of carbonyl (C=O) groups is 1. The van der Waals surface area contributed by atoms with Gasteiger partial charge in [-0.2, -0.15) is 0 Å². The first-order chi connectivity index (χ1) is 11.0. The number of esters is 1. The van der Waals surface area contributed by atoms with Gasteiger partial charge in [0.25, 0.3) is 0 Å². The van der Waals surface area contributed by atoms with Gasteiger partial charge in [-0.05, 0) is 50.8 Å². The van der Waals surface area contributed by atoms with E-state index >= 15 is 0 Å². The lowest BCUT2D eigenvalue weighted by Gasteiger charge is -2.26. The molecule has 5 nitrogen and oxygen atoms in total. The molecule has 2 N–H and O–H groups in total. The molecule has 1 atom stereocenters. The summed E-state index contributed by atoms with van der Waals surface area (Å²) in [7, 11) is 0. The number of carbonyl (C=O) groups excluding carboxylic acids is 1. The highest BCUT2D eigenvalue weighted by atomic mass is 35.5. The summed E-state index contributed by atoms with van der Waals surface area (Å²) in [6, 6.07) is 3.58. The van der Waals surface area contributed by atoms with Gasteiger partial charge in [-0.25, -0.2) is 0 Å². The average Bonchev–Trinajstić information content (AvgIpc) is 2.51. The third-order valence-corrected chi connectivity index (χ3v) is 4.11. The molecule has 0 bridgehead atoms. The van der Waals surface area contributed by atoms with E-state index in [9.17, 15) is 4.79 Å². The Balaban J connectivity index is 2.30. The highest BCUT2D eigenvalue weighted by molar-refractivity contribution is 6.32. The average molecular weight is 339 g/mol. The number of nitrogens with one attached hydrogen (secondary N) is 2. The molecule has 1 fully saturated rings. The number of benzene rings is 1. The summed E-state index contributed by atoms with van der Waals surface area (Å²) in [5.74, 6) is -0.344. The van der Waals surface area contributed by atoms with E-state index in [4.69, 9.17) is 26.5 Å². The van der Waals surface area contributed by atoms with Crippen LogP contribution in [0.5, 0.6) is 0 Å². The van der Waals surface area contributed by atoms with Crippen LogP contribution < -0.4 is 5.32 Å². The topological polar surface area (TPSA) is 71.4 Å². The highest BCUT2D eigenvalue weighted by Crippen LogP contribution is 2.30. The van der Waals surface area contributed by atoms with E-state index in [1.807, 2.05) is 6.07 Å². The van der Waals surface area contributed by atoms with Crippen molar-refractivity contribution in [2.45, 2.75) is 45.8 Å². The largest absolute Gasteiger partial charge is 0.466 e. The molecule has 1 aliphatic heterocycles. The van der Waals surface area contributed by atoms with Crippen LogP contribution in [-0.2, 0) is 20.7 Å². The van der Waals surface area contributed by atoms with Gasteiger partial charge in [0.05, 0.1) is 13.0 Å². The molecule has 0 aliphatic carbocycles. The fourth-order valence-corrected chi connectivity index (χ4v) is 2.95. The van der Waals surface area contributed by atoms with Crippen molar-refractivity contribution in [2.75, 3.05) is 18.5 Å². The molecule has 23 heavy (non-hydrogen) atoms. The van der Waals surface area contributed by atoms with Crippen LogP contribution in [0, 0.1) is 5.41 Å². The third-order valence-electron chi connectivity index (χ3n) is 3.75. The number of rotatable bonds is 6. The maximum Gasteiger partial charge on any atom is 0.310 e. The second-order valence-electron chi connectivity index (χ2n) is 5.55. The zero-order valence-corrected chi connectivity index (χ0v) is 14.3. The van der Waals surface area contributed by atoms with Crippen LogP contribution in [0.3, 0.4) is 0 Å². The van der Waals surface area contributed by atoms with Gasteiger partial charge in [-0.3, -0.25) is 4.79 Å². The van der Waals surface area contributed by atoms with Crippen molar-refractivity contribution in [1.29, 1.82) is 5.41 Å². The van der Waals surface area contributed by atoms with E-state index in [0.29, 0.717) is 28.5 Å². The Morgan fingerprint density at radius 1 is 1.48 bits per heavy atom. The Hall–Kier alpha value is -1.59. The van der Waals surface area contributed by atoms with Crippen molar-refractivity contribution < 1.29 is 14.3 Å². The number of halogens is 1. The minimum atomic E-state index is -0.344. The van der Waals surface area contributed by atoms with Crippen LogP contribution in [0.1, 0.15) is 44.2 Å². The van der Waals surface area contributed by atoms with Crippen LogP contribution >= 0.6 is 11.6 Å². The molecular formula is C17H23ClN2O3. The summed E-state index contributed by atoms with van der Waals surface area (Å²) >= 11 is 6.27. The van der Waals surface area contributed by atoms with Gasteiger partial charge in [0.1, 0.15) is 6.23 Å². The van der Waals surface area contributed by atoms with Crippen molar-refractivity contribution in [1.82, 2.24) is 0 Å². The summed E-state index contributed by atoms with van der Waals surface area (Å²) in [5, 5.41) is 11.9. The summed E-state index contributed by atoms with van der Waals surface area (Å²) in [6.45, 7) is 4.51. The smallest absolute Gasteiger partial charge is 0.310 e. The van der Waals surface area contributed by atoms with Crippen LogP contribution in [-0.4, -0.2) is 31.1 Å². The molecule has 0 amide bonds. The molecule has 1 aromatic carbocycles. The number of hydrogen-bond acceptors (Lipinski definition) is 5. The molecule has 2 rings (SSSR count). The van der Waals surface area contributed by atoms with Crippen molar-refractivity contribution in [3.05, 3.63) is 28.3 Å². The maximum absolute atomic E-state index is 11.8. The summed E-state index contributed by atoms with van der Waals surface area (Å²) in [4.78, 5) is 11.8. The first kappa shape index (κ1) is 17.8. The van der Waals surface area contributed by atoms with Gasteiger partial charge < -0.3 is 20.2 Å². The standard InChI is InChI=1S/C17H23ClN2O3/c1-3-22-16(21)10-12-13(18)7-8-14(17(12)11(2)19)20-15-6-4-5-9-23-15/h7-8,15,19-20H,3-6,9-10H2,1-2H3. The number of ether oxygens (including phenoxy) is 2. The van der Waals surface area contributed by atoms with Crippen LogP contribution in [0.15, 0.2) is 12.1 Å². The van der Waals surface area contributed by atoms with E-state index in [2.05, 4.69) is 5.32 Å². The molecule has 1 unspecified atom stereocenters.